The highest BCUT2D eigenvalue weighted by atomic mass is 127. The topological polar surface area (TPSA) is 83.1 Å². The van der Waals surface area contributed by atoms with Crippen LogP contribution < -0.4 is 0 Å². The van der Waals surface area contributed by atoms with Gasteiger partial charge in [-0.2, -0.15) is 0 Å². The minimum atomic E-state index is 0.511. The average Bonchev–Trinajstić information content (AvgIpc) is 2.85. The Balaban J connectivity index is 3.00. The van der Waals surface area contributed by atoms with Crippen molar-refractivity contribution in [3.8, 4) is 0 Å². The predicted octanol–water partition coefficient (Wildman–Crippen LogP) is 3.27. The molecule has 10 heteroatoms. The van der Waals surface area contributed by atoms with Gasteiger partial charge in [0.1, 0.15) is 6.61 Å². The summed E-state index contributed by atoms with van der Waals surface area (Å²) in [6, 6.07) is 0. The van der Waals surface area contributed by atoms with E-state index in [9.17, 15) is 0 Å². The zero-order valence-corrected chi connectivity index (χ0v) is 23.1. The molecule has 0 aliphatic heterocycles. The van der Waals surface area contributed by atoms with Gasteiger partial charge in [-0.15, -0.1) is 0 Å². The van der Waals surface area contributed by atoms with Crippen molar-refractivity contribution in [3.63, 3.8) is 0 Å². The van der Waals surface area contributed by atoms with Crippen molar-refractivity contribution in [2.45, 2.75) is 25.7 Å². The molecule has 0 bridgehead atoms. The number of hydrogen-bond acceptors (Lipinski definition) is 9. The maximum atomic E-state index is 5.54. The minimum absolute atomic E-state index is 0.511. The summed E-state index contributed by atoms with van der Waals surface area (Å²) in [6.45, 7) is 13.1. The Hall–Kier alpha value is -0.0500. The molecule has 0 radical (unpaired) electrons. The third-order valence-electron chi connectivity index (χ3n) is 4.24. The fourth-order valence-corrected chi connectivity index (χ4v) is 3.02. The zero-order chi connectivity index (χ0) is 24.6. The average molecular weight is 607 g/mol. The van der Waals surface area contributed by atoms with Gasteiger partial charge in [0.05, 0.1) is 105 Å². The first-order valence-corrected chi connectivity index (χ1v) is 13.8. The Bertz CT molecular complexity index is 378. The van der Waals surface area contributed by atoms with Crippen molar-refractivity contribution in [1.82, 2.24) is 0 Å². The van der Waals surface area contributed by atoms with Gasteiger partial charge >= 0.3 is 0 Å². The van der Waals surface area contributed by atoms with E-state index in [1.807, 2.05) is 0 Å². The standard InChI is InChI=1S/C24H47IO9/c1-2-26-9-10-28-13-14-30-17-18-32-21-22-34-24-23-33-20-19-31-16-15-29-12-11-27-8-6-4-3-5-7-25/h2H,1,3-24H2. The molecule has 0 aliphatic carbocycles. The summed E-state index contributed by atoms with van der Waals surface area (Å²) < 4.78 is 49.7. The van der Waals surface area contributed by atoms with Gasteiger partial charge in [0.25, 0.3) is 0 Å². The summed E-state index contributed by atoms with van der Waals surface area (Å²) in [7, 11) is 0. The van der Waals surface area contributed by atoms with Gasteiger partial charge in [-0.05, 0) is 17.3 Å². The van der Waals surface area contributed by atoms with Crippen molar-refractivity contribution in [2.24, 2.45) is 0 Å². The summed E-state index contributed by atoms with van der Waals surface area (Å²) in [5.74, 6) is 0. The summed E-state index contributed by atoms with van der Waals surface area (Å²) in [5.41, 5.74) is 0. The fraction of sp³-hybridized carbons (Fsp3) is 0.917. The van der Waals surface area contributed by atoms with Crippen molar-refractivity contribution < 1.29 is 42.6 Å². The summed E-state index contributed by atoms with van der Waals surface area (Å²) in [4.78, 5) is 0. The van der Waals surface area contributed by atoms with E-state index >= 15 is 0 Å². The largest absolute Gasteiger partial charge is 0.499 e. The van der Waals surface area contributed by atoms with Crippen LogP contribution in [0.2, 0.25) is 0 Å². The van der Waals surface area contributed by atoms with E-state index in [-0.39, 0.29) is 0 Å². The fourth-order valence-electron chi connectivity index (χ4n) is 2.48. The molecular weight excluding hydrogens is 559 g/mol. The van der Waals surface area contributed by atoms with E-state index in [0.29, 0.717) is 106 Å². The number of rotatable bonds is 31. The number of hydrogen-bond donors (Lipinski definition) is 0. The third kappa shape index (κ3) is 32.0. The smallest absolute Gasteiger partial charge is 0.111 e. The lowest BCUT2D eigenvalue weighted by Gasteiger charge is -2.08. The summed E-state index contributed by atoms with van der Waals surface area (Å²) >= 11 is 2.42. The molecule has 34 heavy (non-hydrogen) atoms. The van der Waals surface area contributed by atoms with Crippen LogP contribution in [0, 0.1) is 0 Å². The molecule has 0 saturated heterocycles. The molecule has 9 nitrogen and oxygen atoms in total. The van der Waals surface area contributed by atoms with Crippen LogP contribution in [-0.4, -0.2) is 117 Å². The quantitative estimate of drug-likeness (QED) is 0.0511. The van der Waals surface area contributed by atoms with Gasteiger partial charge < -0.3 is 42.6 Å². The van der Waals surface area contributed by atoms with Crippen molar-refractivity contribution in [3.05, 3.63) is 12.8 Å². The van der Waals surface area contributed by atoms with Crippen LogP contribution >= 0.6 is 22.6 Å². The van der Waals surface area contributed by atoms with E-state index in [4.69, 9.17) is 42.6 Å². The second-order valence-corrected chi connectivity index (χ2v) is 8.12. The van der Waals surface area contributed by atoms with Gasteiger partial charge in [-0.25, -0.2) is 0 Å². The Morgan fingerprint density at radius 3 is 1.00 bits per heavy atom. The molecule has 0 aliphatic rings. The van der Waals surface area contributed by atoms with E-state index in [1.165, 1.54) is 30.0 Å². The number of halogens is 1. The molecule has 0 spiro atoms. The van der Waals surface area contributed by atoms with Gasteiger partial charge in [-0.3, -0.25) is 0 Å². The molecule has 0 heterocycles. The van der Waals surface area contributed by atoms with Gasteiger partial charge in [-0.1, -0.05) is 42.0 Å². The molecule has 0 aromatic carbocycles. The maximum Gasteiger partial charge on any atom is 0.111 e. The number of alkyl halides is 1. The van der Waals surface area contributed by atoms with Crippen LogP contribution in [0.4, 0.5) is 0 Å². The van der Waals surface area contributed by atoms with Gasteiger partial charge in [0.15, 0.2) is 0 Å². The van der Waals surface area contributed by atoms with Crippen molar-refractivity contribution in [2.75, 3.05) is 117 Å². The molecule has 0 N–H and O–H groups in total. The van der Waals surface area contributed by atoms with Crippen molar-refractivity contribution in [1.29, 1.82) is 0 Å². The molecule has 0 fully saturated rings. The molecule has 0 rings (SSSR count). The second kappa shape index (κ2) is 33.0. The Kier molecular flexibility index (Phi) is 32.9. The van der Waals surface area contributed by atoms with Crippen LogP contribution in [0.15, 0.2) is 12.8 Å². The Morgan fingerprint density at radius 2 is 0.676 bits per heavy atom. The van der Waals surface area contributed by atoms with Gasteiger partial charge in [0.2, 0.25) is 0 Å². The van der Waals surface area contributed by atoms with Crippen LogP contribution in [0.3, 0.4) is 0 Å². The lowest BCUT2D eigenvalue weighted by Crippen LogP contribution is -2.15. The summed E-state index contributed by atoms with van der Waals surface area (Å²) in [5, 5.41) is 0. The Morgan fingerprint density at radius 1 is 0.382 bits per heavy atom. The first-order chi connectivity index (χ1) is 16.9. The lowest BCUT2D eigenvalue weighted by molar-refractivity contribution is -0.0239. The van der Waals surface area contributed by atoms with Crippen LogP contribution in [0.25, 0.3) is 0 Å². The highest BCUT2D eigenvalue weighted by molar-refractivity contribution is 14.1. The predicted molar refractivity (Wildman–Crippen MR) is 140 cm³/mol. The molecule has 0 unspecified atom stereocenters. The summed E-state index contributed by atoms with van der Waals surface area (Å²) in [6.07, 6.45) is 6.40. The molecule has 0 saturated carbocycles. The maximum absolute atomic E-state index is 5.54. The second-order valence-electron chi connectivity index (χ2n) is 7.04. The molecule has 0 aromatic heterocycles. The minimum Gasteiger partial charge on any atom is -0.499 e. The molecule has 0 aromatic rings. The number of ether oxygens (including phenoxy) is 9. The van der Waals surface area contributed by atoms with E-state index < -0.39 is 0 Å². The highest BCUT2D eigenvalue weighted by Gasteiger charge is 1.95. The third-order valence-corrected chi connectivity index (χ3v) is 5.00. The first kappa shape index (κ1) is 34.0. The van der Waals surface area contributed by atoms with E-state index in [1.54, 1.807) is 0 Å². The monoisotopic (exact) mass is 606 g/mol. The van der Waals surface area contributed by atoms with E-state index in [2.05, 4.69) is 29.2 Å². The van der Waals surface area contributed by atoms with E-state index in [0.717, 1.165) is 13.0 Å². The molecular formula is C24H47IO9. The molecule has 0 atom stereocenters. The number of unbranched alkanes of at least 4 members (excludes halogenated alkanes) is 3. The first-order valence-electron chi connectivity index (χ1n) is 12.3. The molecule has 0 amide bonds. The van der Waals surface area contributed by atoms with Crippen LogP contribution in [0.1, 0.15) is 25.7 Å². The normalized spacial score (nSPS) is 11.2. The van der Waals surface area contributed by atoms with Gasteiger partial charge in [0, 0.05) is 6.61 Å². The Labute approximate surface area is 220 Å². The molecule has 204 valence electrons. The SMILES string of the molecule is C=COCCOCCOCCOCCOCCOCCOCCOCCOCCCCCCI. The van der Waals surface area contributed by atoms with Crippen LogP contribution in [0.5, 0.6) is 0 Å². The zero-order valence-electron chi connectivity index (χ0n) is 20.9. The lowest BCUT2D eigenvalue weighted by atomic mass is 10.2. The van der Waals surface area contributed by atoms with Crippen LogP contribution in [-0.2, 0) is 42.6 Å². The highest BCUT2D eigenvalue weighted by Crippen LogP contribution is 2.02. The van der Waals surface area contributed by atoms with Crippen molar-refractivity contribution >= 4 is 22.6 Å².